The summed E-state index contributed by atoms with van der Waals surface area (Å²) >= 11 is 0. The second-order valence-electron chi connectivity index (χ2n) is 9.14. The Morgan fingerprint density at radius 2 is 1.82 bits per heavy atom. The number of carbonyl (C=O) groups excluding carboxylic acids is 1. The van der Waals surface area contributed by atoms with Crippen LogP contribution in [0.5, 0.6) is 0 Å². The van der Waals surface area contributed by atoms with Crippen molar-refractivity contribution in [2.45, 2.75) is 56.9 Å². The van der Waals surface area contributed by atoms with Crippen molar-refractivity contribution in [3.05, 3.63) is 47.2 Å². The number of aromatic nitrogens is 2. The van der Waals surface area contributed by atoms with Crippen LogP contribution in [-0.4, -0.2) is 61.1 Å². The summed E-state index contributed by atoms with van der Waals surface area (Å²) in [5.41, 5.74) is 1.89. The topological polar surface area (TPSA) is 83.5 Å². The minimum atomic E-state index is -3.49. The Morgan fingerprint density at radius 3 is 2.42 bits per heavy atom. The maximum atomic E-state index is 14.6. The largest absolute Gasteiger partial charge is 0.355 e. The van der Waals surface area contributed by atoms with E-state index in [-0.39, 0.29) is 22.8 Å². The first-order chi connectivity index (χ1) is 15.7. The van der Waals surface area contributed by atoms with Crippen molar-refractivity contribution in [2.24, 2.45) is 5.92 Å². The molecule has 7 nitrogen and oxygen atoms in total. The van der Waals surface area contributed by atoms with Gasteiger partial charge in [0.2, 0.25) is 5.91 Å². The fourth-order valence-corrected chi connectivity index (χ4v) is 5.92. The number of aryl methyl sites for hydroxylation is 2. The second-order valence-corrected chi connectivity index (χ2v) is 11.1. The summed E-state index contributed by atoms with van der Waals surface area (Å²) in [7, 11) is -3.49. The van der Waals surface area contributed by atoms with Gasteiger partial charge in [-0.15, -0.1) is 0 Å². The average molecular weight is 475 g/mol. The lowest BCUT2D eigenvalue weighted by atomic mass is 9.96. The number of sulfone groups is 1. The molecule has 0 aliphatic carbocycles. The highest BCUT2D eigenvalue weighted by atomic mass is 32.2. The SMILES string of the molecule is CCc1cnc(N2CCC(N3CC[C@H](Cc4cc(C)c(S(C)(=O)=O)cc4F)C3=O)CC2)cn1. The summed E-state index contributed by atoms with van der Waals surface area (Å²) in [5.74, 6) is 0.119. The molecule has 2 fully saturated rings. The molecule has 2 saturated heterocycles. The van der Waals surface area contributed by atoms with Crippen molar-refractivity contribution in [3.8, 4) is 0 Å². The first-order valence-electron chi connectivity index (χ1n) is 11.5. The lowest BCUT2D eigenvalue weighted by molar-refractivity contribution is -0.133. The number of nitrogens with zero attached hydrogens (tertiary/aromatic N) is 4. The van der Waals surface area contributed by atoms with Crippen molar-refractivity contribution in [2.75, 3.05) is 30.8 Å². The van der Waals surface area contributed by atoms with Crippen LogP contribution in [0.1, 0.15) is 43.0 Å². The minimum Gasteiger partial charge on any atom is -0.355 e. The van der Waals surface area contributed by atoms with Crippen molar-refractivity contribution in [1.82, 2.24) is 14.9 Å². The molecule has 0 spiro atoms. The van der Waals surface area contributed by atoms with Gasteiger partial charge < -0.3 is 9.80 Å². The molecule has 9 heteroatoms. The van der Waals surface area contributed by atoms with Gasteiger partial charge in [-0.05, 0) is 56.2 Å². The summed E-state index contributed by atoms with van der Waals surface area (Å²) < 4.78 is 38.3. The lowest BCUT2D eigenvalue weighted by Crippen LogP contribution is -2.46. The van der Waals surface area contributed by atoms with Gasteiger partial charge in [0.15, 0.2) is 9.84 Å². The summed E-state index contributed by atoms with van der Waals surface area (Å²) in [6.45, 7) is 6.03. The minimum absolute atomic E-state index is 0.00362. The van der Waals surface area contributed by atoms with E-state index < -0.39 is 15.7 Å². The maximum Gasteiger partial charge on any atom is 0.226 e. The van der Waals surface area contributed by atoms with Crippen molar-refractivity contribution < 1.29 is 17.6 Å². The molecule has 0 N–H and O–H groups in total. The Hall–Kier alpha value is -2.55. The zero-order chi connectivity index (χ0) is 23.8. The standard InChI is InChI=1S/C24H31FN4O3S/c1-4-19-14-27-23(15-26-19)28-8-6-20(7-9-28)29-10-5-17(24(29)30)12-18-11-16(2)22(13-21(18)25)33(3,31)32/h11,13-15,17,20H,4-10,12H2,1-3H3/t17-/m1/s1. The van der Waals surface area contributed by atoms with Crippen LogP contribution < -0.4 is 4.90 Å². The number of piperidine rings is 1. The Bertz CT molecular complexity index is 1130. The van der Waals surface area contributed by atoms with Gasteiger partial charge in [-0.3, -0.25) is 9.78 Å². The number of carbonyl (C=O) groups is 1. The highest BCUT2D eigenvalue weighted by Gasteiger charge is 2.37. The molecule has 1 aromatic heterocycles. The van der Waals surface area contributed by atoms with E-state index in [4.69, 9.17) is 0 Å². The molecule has 0 radical (unpaired) electrons. The van der Waals surface area contributed by atoms with Gasteiger partial charge in [0.25, 0.3) is 0 Å². The van der Waals surface area contributed by atoms with E-state index in [1.54, 1.807) is 13.0 Å². The summed E-state index contributed by atoms with van der Waals surface area (Å²) in [5, 5.41) is 0. The number of hydrogen-bond acceptors (Lipinski definition) is 6. The van der Waals surface area contributed by atoms with E-state index in [2.05, 4.69) is 21.8 Å². The Kier molecular flexibility index (Phi) is 6.70. The zero-order valence-corrected chi connectivity index (χ0v) is 20.2. The molecule has 33 heavy (non-hydrogen) atoms. The number of rotatable bonds is 6. The van der Waals surface area contributed by atoms with Crippen LogP contribution in [0.25, 0.3) is 0 Å². The summed E-state index contributed by atoms with van der Waals surface area (Å²) in [6.07, 6.45) is 8.29. The highest BCUT2D eigenvalue weighted by Crippen LogP contribution is 2.30. The van der Waals surface area contributed by atoms with E-state index in [1.807, 2.05) is 17.3 Å². The number of anilines is 1. The zero-order valence-electron chi connectivity index (χ0n) is 19.4. The highest BCUT2D eigenvalue weighted by molar-refractivity contribution is 7.90. The fraction of sp³-hybridized carbons (Fsp3) is 0.542. The molecule has 0 unspecified atom stereocenters. The van der Waals surface area contributed by atoms with E-state index in [9.17, 15) is 17.6 Å². The van der Waals surface area contributed by atoms with Gasteiger partial charge in [0.05, 0.1) is 23.0 Å². The predicted molar refractivity (Wildman–Crippen MR) is 124 cm³/mol. The Labute approximate surface area is 194 Å². The average Bonchev–Trinajstić information content (AvgIpc) is 3.15. The third-order valence-electron chi connectivity index (χ3n) is 6.84. The Morgan fingerprint density at radius 1 is 1.09 bits per heavy atom. The molecule has 178 valence electrons. The molecule has 1 aromatic carbocycles. The molecule has 1 atom stereocenters. The lowest BCUT2D eigenvalue weighted by Gasteiger charge is -2.37. The van der Waals surface area contributed by atoms with Gasteiger partial charge >= 0.3 is 0 Å². The van der Waals surface area contributed by atoms with Crippen LogP contribution in [0.3, 0.4) is 0 Å². The Balaban J connectivity index is 1.37. The molecule has 2 aliphatic heterocycles. The fourth-order valence-electron chi connectivity index (χ4n) is 4.96. The van der Waals surface area contributed by atoms with Gasteiger partial charge in [-0.2, -0.15) is 0 Å². The second kappa shape index (κ2) is 9.37. The third kappa shape index (κ3) is 5.03. The van der Waals surface area contributed by atoms with E-state index in [1.165, 1.54) is 0 Å². The molecule has 0 saturated carbocycles. The summed E-state index contributed by atoms with van der Waals surface area (Å²) in [4.78, 5) is 26.2. The number of hydrogen-bond donors (Lipinski definition) is 0. The van der Waals surface area contributed by atoms with Crippen LogP contribution in [0.15, 0.2) is 29.4 Å². The molecule has 1 amide bonds. The molecule has 3 heterocycles. The van der Waals surface area contributed by atoms with Crippen LogP contribution >= 0.6 is 0 Å². The van der Waals surface area contributed by atoms with E-state index >= 15 is 0 Å². The first-order valence-corrected chi connectivity index (χ1v) is 13.4. The van der Waals surface area contributed by atoms with Gasteiger partial charge in [0, 0.05) is 37.8 Å². The van der Waals surface area contributed by atoms with Crippen LogP contribution in [0.2, 0.25) is 0 Å². The number of benzene rings is 1. The number of halogens is 1. The molecule has 2 aromatic rings. The quantitative estimate of drug-likeness (QED) is 0.640. The van der Waals surface area contributed by atoms with Crippen molar-refractivity contribution in [1.29, 1.82) is 0 Å². The number of amides is 1. The molecular formula is C24H31FN4O3S. The maximum absolute atomic E-state index is 14.6. The monoisotopic (exact) mass is 474 g/mol. The van der Waals surface area contributed by atoms with Gasteiger partial charge in [-0.25, -0.2) is 17.8 Å². The van der Waals surface area contributed by atoms with Crippen molar-refractivity contribution >= 4 is 21.6 Å². The first kappa shape index (κ1) is 23.6. The van der Waals surface area contributed by atoms with E-state index in [0.29, 0.717) is 30.5 Å². The smallest absolute Gasteiger partial charge is 0.226 e. The molecule has 2 aliphatic rings. The predicted octanol–water partition coefficient (Wildman–Crippen LogP) is 2.95. The van der Waals surface area contributed by atoms with Gasteiger partial charge in [-0.1, -0.05) is 13.0 Å². The molecular weight excluding hydrogens is 443 g/mol. The normalized spacial score (nSPS) is 20.0. The van der Waals surface area contributed by atoms with Crippen LogP contribution in [0.4, 0.5) is 10.2 Å². The van der Waals surface area contributed by atoms with Crippen LogP contribution in [0, 0.1) is 18.7 Å². The molecule has 0 bridgehead atoms. The van der Waals surface area contributed by atoms with E-state index in [0.717, 1.165) is 56.2 Å². The summed E-state index contributed by atoms with van der Waals surface area (Å²) in [6, 6.07) is 2.84. The van der Waals surface area contributed by atoms with Crippen molar-refractivity contribution in [3.63, 3.8) is 0 Å². The van der Waals surface area contributed by atoms with Gasteiger partial charge in [0.1, 0.15) is 11.6 Å². The van der Waals surface area contributed by atoms with Crippen LogP contribution in [-0.2, 0) is 27.5 Å². The third-order valence-corrected chi connectivity index (χ3v) is 8.08. The number of likely N-dealkylation sites (tertiary alicyclic amines) is 1. The molecule has 4 rings (SSSR count).